The van der Waals surface area contributed by atoms with Gasteiger partial charge in [0.2, 0.25) is 5.91 Å². The Labute approximate surface area is 124 Å². The molecule has 1 fully saturated rings. The van der Waals surface area contributed by atoms with E-state index in [0.717, 1.165) is 18.9 Å². The first kappa shape index (κ1) is 15.7. The van der Waals surface area contributed by atoms with Crippen molar-refractivity contribution in [2.24, 2.45) is 0 Å². The third-order valence-corrected chi connectivity index (χ3v) is 3.82. The van der Waals surface area contributed by atoms with Crippen molar-refractivity contribution in [3.05, 3.63) is 29.8 Å². The van der Waals surface area contributed by atoms with Crippen LogP contribution in [0.4, 0.5) is 14.5 Å². The Hall–Kier alpha value is -1.65. The zero-order valence-electron chi connectivity index (χ0n) is 12.1. The predicted molar refractivity (Wildman–Crippen MR) is 79.1 cm³/mol. The quantitative estimate of drug-likeness (QED) is 0.815. The molecule has 0 spiro atoms. The lowest BCUT2D eigenvalue weighted by atomic mass is 10.1. The summed E-state index contributed by atoms with van der Waals surface area (Å²) in [6, 6.07) is 3.64. The molecule has 0 heterocycles. The van der Waals surface area contributed by atoms with Crippen molar-refractivity contribution in [3.63, 3.8) is 0 Å². The second kappa shape index (κ2) is 7.96. The number of nitrogens with one attached hydrogen (secondary N) is 2. The van der Waals surface area contributed by atoms with Gasteiger partial charge in [0.15, 0.2) is 0 Å². The zero-order valence-corrected chi connectivity index (χ0v) is 12.1. The lowest BCUT2D eigenvalue weighted by molar-refractivity contribution is -0.121. The lowest BCUT2D eigenvalue weighted by Gasteiger charge is -2.16. The molecule has 3 nitrogen and oxygen atoms in total. The SMILES string of the molecule is O=C(CCNc1ccc(F)cc1F)NC1CCCCCC1. The maximum absolute atomic E-state index is 13.4. The molecule has 1 saturated carbocycles. The van der Waals surface area contributed by atoms with Crippen molar-refractivity contribution < 1.29 is 13.6 Å². The van der Waals surface area contributed by atoms with Gasteiger partial charge in [0.25, 0.3) is 0 Å². The number of benzene rings is 1. The molecule has 1 aliphatic carbocycles. The largest absolute Gasteiger partial charge is 0.382 e. The Morgan fingerprint density at radius 3 is 2.52 bits per heavy atom. The average Bonchev–Trinajstić information content (AvgIpc) is 2.70. The first-order valence-corrected chi connectivity index (χ1v) is 7.63. The Morgan fingerprint density at radius 2 is 1.86 bits per heavy atom. The number of rotatable bonds is 5. The second-order valence-electron chi connectivity index (χ2n) is 5.56. The molecule has 2 N–H and O–H groups in total. The molecule has 1 aromatic carbocycles. The Bertz CT molecular complexity index is 471. The second-order valence-corrected chi connectivity index (χ2v) is 5.56. The fourth-order valence-electron chi connectivity index (χ4n) is 2.67. The summed E-state index contributed by atoms with van der Waals surface area (Å²) in [5.74, 6) is -1.26. The summed E-state index contributed by atoms with van der Waals surface area (Å²) in [7, 11) is 0. The highest BCUT2D eigenvalue weighted by Crippen LogP contribution is 2.17. The third-order valence-electron chi connectivity index (χ3n) is 3.82. The van der Waals surface area contributed by atoms with Crippen LogP contribution in [-0.4, -0.2) is 18.5 Å². The molecule has 0 bridgehead atoms. The van der Waals surface area contributed by atoms with Gasteiger partial charge in [-0.15, -0.1) is 0 Å². The van der Waals surface area contributed by atoms with Crippen molar-refractivity contribution in [3.8, 4) is 0 Å². The molecule has 0 aliphatic heterocycles. The van der Waals surface area contributed by atoms with E-state index in [1.165, 1.54) is 37.8 Å². The van der Waals surface area contributed by atoms with Gasteiger partial charge in [-0.3, -0.25) is 4.79 Å². The van der Waals surface area contributed by atoms with E-state index in [4.69, 9.17) is 0 Å². The normalized spacial score (nSPS) is 16.3. The van der Waals surface area contributed by atoms with Crippen LogP contribution < -0.4 is 10.6 Å². The van der Waals surface area contributed by atoms with Gasteiger partial charge in [-0.25, -0.2) is 8.78 Å². The van der Waals surface area contributed by atoms with E-state index in [-0.39, 0.29) is 24.1 Å². The average molecular weight is 296 g/mol. The highest BCUT2D eigenvalue weighted by atomic mass is 19.1. The number of hydrogen-bond acceptors (Lipinski definition) is 2. The first-order valence-electron chi connectivity index (χ1n) is 7.63. The predicted octanol–water partition coefficient (Wildman–Crippen LogP) is 3.61. The van der Waals surface area contributed by atoms with E-state index in [2.05, 4.69) is 10.6 Å². The fraction of sp³-hybridized carbons (Fsp3) is 0.562. The highest BCUT2D eigenvalue weighted by Gasteiger charge is 2.14. The fourth-order valence-corrected chi connectivity index (χ4v) is 2.67. The van der Waals surface area contributed by atoms with Gasteiger partial charge in [-0.2, -0.15) is 0 Å². The summed E-state index contributed by atoms with van der Waals surface area (Å²) in [4.78, 5) is 11.8. The van der Waals surface area contributed by atoms with Crippen LogP contribution in [0.2, 0.25) is 0 Å². The molecule has 0 aromatic heterocycles. The van der Waals surface area contributed by atoms with Crippen molar-refractivity contribution >= 4 is 11.6 Å². The summed E-state index contributed by atoms with van der Waals surface area (Å²) in [5, 5.41) is 5.85. The summed E-state index contributed by atoms with van der Waals surface area (Å²) in [6.07, 6.45) is 7.22. The smallest absolute Gasteiger partial charge is 0.221 e. The van der Waals surface area contributed by atoms with Gasteiger partial charge >= 0.3 is 0 Å². The third kappa shape index (κ3) is 5.33. The Balaban J connectivity index is 1.71. The van der Waals surface area contributed by atoms with Gasteiger partial charge in [-0.05, 0) is 25.0 Å². The summed E-state index contributed by atoms with van der Waals surface area (Å²) >= 11 is 0. The van der Waals surface area contributed by atoms with Crippen LogP contribution in [0.15, 0.2) is 18.2 Å². The first-order chi connectivity index (χ1) is 10.1. The van der Waals surface area contributed by atoms with Crippen LogP contribution >= 0.6 is 0 Å². The Kier molecular flexibility index (Phi) is 5.96. The molecule has 2 rings (SSSR count). The minimum Gasteiger partial charge on any atom is -0.382 e. The Morgan fingerprint density at radius 1 is 1.14 bits per heavy atom. The number of halogens is 2. The van der Waals surface area contributed by atoms with Gasteiger partial charge < -0.3 is 10.6 Å². The summed E-state index contributed by atoms with van der Waals surface area (Å²) in [6.45, 7) is 0.334. The van der Waals surface area contributed by atoms with E-state index < -0.39 is 11.6 Å². The monoisotopic (exact) mass is 296 g/mol. The minimum atomic E-state index is -0.640. The van der Waals surface area contributed by atoms with Crippen LogP contribution in [-0.2, 0) is 4.79 Å². The van der Waals surface area contributed by atoms with E-state index in [1.807, 2.05) is 0 Å². The van der Waals surface area contributed by atoms with E-state index in [9.17, 15) is 13.6 Å². The van der Waals surface area contributed by atoms with Crippen LogP contribution in [0.5, 0.6) is 0 Å². The van der Waals surface area contributed by atoms with Gasteiger partial charge in [-0.1, -0.05) is 25.7 Å². The van der Waals surface area contributed by atoms with Crippen LogP contribution in [0, 0.1) is 11.6 Å². The molecule has 0 atom stereocenters. The maximum atomic E-state index is 13.4. The number of amides is 1. The standard InChI is InChI=1S/C16H22F2N2O/c17-12-7-8-15(14(18)11-12)19-10-9-16(21)20-13-5-3-1-2-4-6-13/h7-8,11,13,19H,1-6,9-10H2,(H,20,21). The molecule has 0 unspecified atom stereocenters. The van der Waals surface area contributed by atoms with Crippen molar-refractivity contribution in [1.82, 2.24) is 5.32 Å². The molecule has 0 saturated heterocycles. The molecular weight excluding hydrogens is 274 g/mol. The number of hydrogen-bond donors (Lipinski definition) is 2. The number of carbonyl (C=O) groups is 1. The molecule has 0 radical (unpaired) electrons. The number of anilines is 1. The number of carbonyl (C=O) groups excluding carboxylic acids is 1. The van der Waals surface area contributed by atoms with Crippen molar-refractivity contribution in [2.45, 2.75) is 51.0 Å². The van der Waals surface area contributed by atoms with Gasteiger partial charge in [0, 0.05) is 25.1 Å². The molecule has 1 aromatic rings. The molecule has 1 amide bonds. The molecule has 116 valence electrons. The topological polar surface area (TPSA) is 41.1 Å². The van der Waals surface area contributed by atoms with Crippen LogP contribution in [0.3, 0.4) is 0 Å². The highest BCUT2D eigenvalue weighted by molar-refractivity contribution is 5.76. The molecular formula is C16H22F2N2O. The van der Waals surface area contributed by atoms with Crippen LogP contribution in [0.1, 0.15) is 44.9 Å². The zero-order chi connectivity index (χ0) is 15.1. The van der Waals surface area contributed by atoms with E-state index in [0.29, 0.717) is 6.54 Å². The van der Waals surface area contributed by atoms with Gasteiger partial charge in [0.1, 0.15) is 11.6 Å². The van der Waals surface area contributed by atoms with E-state index in [1.54, 1.807) is 0 Å². The summed E-state index contributed by atoms with van der Waals surface area (Å²) in [5.41, 5.74) is 0.221. The molecule has 5 heteroatoms. The van der Waals surface area contributed by atoms with Crippen molar-refractivity contribution in [2.75, 3.05) is 11.9 Å². The minimum absolute atomic E-state index is 0.0167. The van der Waals surface area contributed by atoms with Crippen molar-refractivity contribution in [1.29, 1.82) is 0 Å². The van der Waals surface area contributed by atoms with Crippen LogP contribution in [0.25, 0.3) is 0 Å². The maximum Gasteiger partial charge on any atom is 0.221 e. The lowest BCUT2D eigenvalue weighted by Crippen LogP contribution is -2.35. The van der Waals surface area contributed by atoms with Gasteiger partial charge in [0.05, 0.1) is 5.69 Å². The molecule has 1 aliphatic rings. The summed E-state index contributed by atoms with van der Waals surface area (Å²) < 4.78 is 26.1. The molecule has 21 heavy (non-hydrogen) atoms. The van der Waals surface area contributed by atoms with E-state index >= 15 is 0 Å².